The molecule has 0 unspecified atom stereocenters. The van der Waals surface area contributed by atoms with Crippen LogP contribution in [0.1, 0.15) is 37.3 Å². The van der Waals surface area contributed by atoms with Gasteiger partial charge in [-0.15, -0.1) is 31.1 Å². The van der Waals surface area contributed by atoms with Gasteiger partial charge >= 0.3 is 21.7 Å². The molecular weight excluding hydrogens is 404 g/mol. The topological polar surface area (TPSA) is 46.1 Å². The fraction of sp³-hybridized carbons (Fsp3) is 0.222. The van der Waals surface area contributed by atoms with Crippen molar-refractivity contribution in [3.05, 3.63) is 116 Å². The third kappa shape index (κ3) is 15.6. The Hall–Kier alpha value is -2.29. The van der Waals surface area contributed by atoms with Crippen molar-refractivity contribution in [1.29, 1.82) is 0 Å². The van der Waals surface area contributed by atoms with Crippen LogP contribution in [0, 0.1) is 13.0 Å². The Morgan fingerprint density at radius 3 is 1.60 bits per heavy atom. The third-order valence-electron chi connectivity index (χ3n) is 3.61. The summed E-state index contributed by atoms with van der Waals surface area (Å²) in [5.41, 5.74) is 1.63. The molecule has 1 aliphatic carbocycles. The molecular formula is C27H32O2Ti. The first-order chi connectivity index (χ1) is 14.1. The average molecular weight is 436 g/mol. The van der Waals surface area contributed by atoms with Crippen LogP contribution in [0.5, 0.6) is 11.5 Å². The SMILES string of the molecule is C=CCc1ccccc1[O-].C=CCc1ccccc1[O-].[C-]1=CC=CC1.[CH2-]CCC.[Ti+4]. The van der Waals surface area contributed by atoms with Crippen LogP contribution in [-0.4, -0.2) is 0 Å². The van der Waals surface area contributed by atoms with Crippen molar-refractivity contribution in [3.8, 4) is 11.5 Å². The van der Waals surface area contributed by atoms with Crippen LogP contribution in [0.15, 0.2) is 92.1 Å². The average Bonchev–Trinajstić information content (AvgIpc) is 3.33. The normalized spacial score (nSPS) is 10.1. The van der Waals surface area contributed by atoms with E-state index in [4.69, 9.17) is 0 Å². The molecule has 156 valence electrons. The minimum absolute atomic E-state index is 0. The number of unbranched alkanes of at least 4 members (excludes halogenated alkanes) is 1. The van der Waals surface area contributed by atoms with Gasteiger partial charge < -0.3 is 17.1 Å². The molecule has 0 N–H and O–H groups in total. The monoisotopic (exact) mass is 436 g/mol. The van der Waals surface area contributed by atoms with Gasteiger partial charge in [0, 0.05) is 0 Å². The van der Waals surface area contributed by atoms with E-state index in [9.17, 15) is 10.2 Å². The quantitative estimate of drug-likeness (QED) is 0.333. The molecule has 0 saturated carbocycles. The molecule has 0 heterocycles. The fourth-order valence-electron chi connectivity index (χ4n) is 2.00. The summed E-state index contributed by atoms with van der Waals surface area (Å²) >= 11 is 0. The van der Waals surface area contributed by atoms with Gasteiger partial charge in [0.05, 0.1) is 0 Å². The Bertz CT molecular complexity index is 685. The molecule has 3 rings (SSSR count). The summed E-state index contributed by atoms with van der Waals surface area (Å²) in [6.07, 6.45) is 17.1. The molecule has 0 atom stereocenters. The van der Waals surface area contributed by atoms with E-state index in [1.54, 1.807) is 36.4 Å². The summed E-state index contributed by atoms with van der Waals surface area (Å²) in [6.45, 7) is 12.8. The molecule has 1 aliphatic rings. The van der Waals surface area contributed by atoms with Gasteiger partial charge in [0.2, 0.25) is 0 Å². The molecule has 2 aromatic carbocycles. The molecule has 0 fully saturated rings. The van der Waals surface area contributed by atoms with Gasteiger partial charge in [0.15, 0.2) is 0 Å². The van der Waals surface area contributed by atoms with Crippen molar-refractivity contribution in [2.45, 2.75) is 39.0 Å². The summed E-state index contributed by atoms with van der Waals surface area (Å²) < 4.78 is 0. The number of para-hydroxylation sites is 2. The van der Waals surface area contributed by atoms with Crippen LogP contribution >= 0.6 is 0 Å². The zero-order valence-electron chi connectivity index (χ0n) is 18.0. The summed E-state index contributed by atoms with van der Waals surface area (Å²) in [5, 5.41) is 21.9. The predicted molar refractivity (Wildman–Crippen MR) is 121 cm³/mol. The van der Waals surface area contributed by atoms with Gasteiger partial charge in [-0.25, -0.2) is 12.2 Å². The first-order valence-corrected chi connectivity index (χ1v) is 9.83. The van der Waals surface area contributed by atoms with E-state index in [0.29, 0.717) is 12.8 Å². The number of hydrogen-bond donors (Lipinski definition) is 0. The maximum absolute atomic E-state index is 11.0. The fourth-order valence-corrected chi connectivity index (χ4v) is 2.00. The van der Waals surface area contributed by atoms with E-state index in [2.05, 4.69) is 39.2 Å². The van der Waals surface area contributed by atoms with E-state index >= 15 is 0 Å². The van der Waals surface area contributed by atoms with E-state index < -0.39 is 0 Å². The standard InChI is InChI=1S/2C9H10O.C5H5.C4H9.Ti/c2*1-2-5-8-6-3-4-7-9(8)10;1-2-4-5-3-1;1-3-4-2;/h2*2-4,6-7,10H,1,5H2;1-3H,4H2;1,3-4H2,2H3;/q;;2*-1;+4/p-2. The molecule has 0 amide bonds. The number of benzene rings is 2. The van der Waals surface area contributed by atoms with Crippen molar-refractivity contribution >= 4 is 0 Å². The molecule has 30 heavy (non-hydrogen) atoms. The second-order valence-electron chi connectivity index (χ2n) is 6.06. The predicted octanol–water partition coefficient (Wildman–Crippen LogP) is 5.90. The van der Waals surface area contributed by atoms with E-state index in [-0.39, 0.29) is 33.2 Å². The van der Waals surface area contributed by atoms with Crippen molar-refractivity contribution in [3.63, 3.8) is 0 Å². The molecule has 3 heteroatoms. The third-order valence-corrected chi connectivity index (χ3v) is 3.61. The molecule has 0 spiro atoms. The second kappa shape index (κ2) is 21.4. The summed E-state index contributed by atoms with van der Waals surface area (Å²) in [5.74, 6) is 0.199. The van der Waals surface area contributed by atoms with Gasteiger partial charge in [0.1, 0.15) is 0 Å². The van der Waals surface area contributed by atoms with Crippen molar-refractivity contribution < 1.29 is 31.9 Å². The number of rotatable bonds is 5. The number of hydrogen-bond acceptors (Lipinski definition) is 2. The molecule has 0 radical (unpaired) electrons. The van der Waals surface area contributed by atoms with E-state index in [0.717, 1.165) is 24.0 Å². The van der Waals surface area contributed by atoms with Crippen LogP contribution < -0.4 is 10.2 Å². The first-order valence-electron chi connectivity index (χ1n) is 9.83. The first kappa shape index (κ1) is 29.9. The van der Waals surface area contributed by atoms with Gasteiger partial charge in [-0.1, -0.05) is 85.2 Å². The van der Waals surface area contributed by atoms with Crippen LogP contribution in [0.2, 0.25) is 0 Å². The van der Waals surface area contributed by atoms with Gasteiger partial charge in [-0.05, 0) is 12.8 Å². The molecule has 0 saturated heterocycles. The Morgan fingerprint density at radius 1 is 0.933 bits per heavy atom. The molecule has 0 aliphatic heterocycles. The summed E-state index contributed by atoms with van der Waals surface area (Å²) in [4.78, 5) is 0. The van der Waals surface area contributed by atoms with Crippen LogP contribution in [-0.2, 0) is 34.6 Å². The van der Waals surface area contributed by atoms with Gasteiger partial charge in [-0.2, -0.15) is 12.5 Å². The molecule has 2 nitrogen and oxygen atoms in total. The van der Waals surface area contributed by atoms with Crippen molar-refractivity contribution in [2.24, 2.45) is 0 Å². The smallest absolute Gasteiger partial charge is 0.872 e. The van der Waals surface area contributed by atoms with Gasteiger partial charge in [-0.3, -0.25) is 6.08 Å². The number of allylic oxidation sites excluding steroid dienone is 6. The second-order valence-corrected chi connectivity index (χ2v) is 6.06. The van der Waals surface area contributed by atoms with E-state index in [1.807, 2.05) is 36.4 Å². The minimum atomic E-state index is 0. The molecule has 2 aromatic rings. The zero-order valence-corrected chi connectivity index (χ0v) is 19.5. The zero-order chi connectivity index (χ0) is 21.7. The molecule has 0 aromatic heterocycles. The Morgan fingerprint density at radius 2 is 1.37 bits per heavy atom. The van der Waals surface area contributed by atoms with E-state index in [1.165, 1.54) is 6.42 Å². The summed E-state index contributed by atoms with van der Waals surface area (Å²) in [6, 6.07) is 14.0. The van der Waals surface area contributed by atoms with Crippen molar-refractivity contribution in [1.82, 2.24) is 0 Å². The Kier molecular flexibility index (Phi) is 21.4. The maximum atomic E-state index is 11.0. The Balaban J connectivity index is 0. The largest absolute Gasteiger partial charge is 4.00 e. The molecule has 0 bridgehead atoms. The Labute approximate surface area is 198 Å². The van der Waals surface area contributed by atoms with Crippen molar-refractivity contribution in [2.75, 3.05) is 0 Å². The summed E-state index contributed by atoms with van der Waals surface area (Å²) in [7, 11) is 0. The van der Waals surface area contributed by atoms with Gasteiger partial charge in [0.25, 0.3) is 0 Å². The van der Waals surface area contributed by atoms with Crippen LogP contribution in [0.3, 0.4) is 0 Å². The van der Waals surface area contributed by atoms with Crippen LogP contribution in [0.25, 0.3) is 0 Å². The van der Waals surface area contributed by atoms with Crippen LogP contribution in [0.4, 0.5) is 0 Å². The minimum Gasteiger partial charge on any atom is -0.872 e. The maximum Gasteiger partial charge on any atom is 4.00 e.